The summed E-state index contributed by atoms with van der Waals surface area (Å²) in [5, 5.41) is 2.62. The van der Waals surface area contributed by atoms with Crippen molar-refractivity contribution in [2.45, 2.75) is 24.2 Å². The summed E-state index contributed by atoms with van der Waals surface area (Å²) in [6.07, 6.45) is -4.45. The highest BCUT2D eigenvalue weighted by molar-refractivity contribution is 7.89. The molecule has 3 rings (SSSR count). The highest BCUT2D eigenvalue weighted by Crippen LogP contribution is 2.19. The zero-order chi connectivity index (χ0) is 23.9. The summed E-state index contributed by atoms with van der Waals surface area (Å²) in [6.45, 7) is -1.29. The lowest BCUT2D eigenvalue weighted by molar-refractivity contribution is -0.153. The summed E-state index contributed by atoms with van der Waals surface area (Å²) in [5.41, 5.74) is 1.44. The Balaban J connectivity index is 1.61. The molecule has 10 heteroatoms. The maximum atomic E-state index is 12.6. The normalized spacial score (nSPS) is 11.7. The second kappa shape index (κ2) is 10.5. The first-order valence-corrected chi connectivity index (χ1v) is 11.3. The summed E-state index contributed by atoms with van der Waals surface area (Å²) < 4.78 is 69.3. The van der Waals surface area contributed by atoms with Gasteiger partial charge in [0.25, 0.3) is 5.91 Å². The number of alkyl halides is 3. The van der Waals surface area contributed by atoms with Crippen molar-refractivity contribution in [1.82, 2.24) is 10.0 Å². The number of ether oxygens (including phenoxy) is 1. The quantitative estimate of drug-likeness (QED) is 0.486. The first kappa shape index (κ1) is 24.3. The number of halogens is 3. The number of sulfonamides is 1. The SMILES string of the molecule is O=C(NCc1cccc(OCC(F)(F)F)c1)c1cccc(S(=O)(=O)NCc2ccccc2)c1. The van der Waals surface area contributed by atoms with Crippen molar-refractivity contribution in [3.05, 3.63) is 95.6 Å². The molecule has 0 spiro atoms. The number of carbonyl (C=O) groups is 1. The van der Waals surface area contributed by atoms with Crippen LogP contribution in [0.2, 0.25) is 0 Å². The van der Waals surface area contributed by atoms with E-state index in [9.17, 15) is 26.4 Å². The summed E-state index contributed by atoms with van der Waals surface area (Å²) >= 11 is 0. The van der Waals surface area contributed by atoms with E-state index in [1.807, 2.05) is 6.07 Å². The molecule has 33 heavy (non-hydrogen) atoms. The van der Waals surface area contributed by atoms with Crippen LogP contribution < -0.4 is 14.8 Å². The van der Waals surface area contributed by atoms with Gasteiger partial charge in [-0.05, 0) is 41.5 Å². The largest absolute Gasteiger partial charge is 0.484 e. The first-order chi connectivity index (χ1) is 15.6. The molecule has 0 unspecified atom stereocenters. The molecular formula is C23H21F3N2O4S. The highest BCUT2D eigenvalue weighted by Gasteiger charge is 2.28. The predicted molar refractivity (Wildman–Crippen MR) is 116 cm³/mol. The molecule has 2 N–H and O–H groups in total. The monoisotopic (exact) mass is 478 g/mol. The molecule has 3 aromatic rings. The standard InChI is InChI=1S/C23H21F3N2O4S/c24-23(25,26)16-32-20-10-4-8-18(12-20)14-27-22(29)19-9-5-11-21(13-19)33(30,31)28-15-17-6-2-1-3-7-17/h1-13,28H,14-16H2,(H,27,29). The van der Waals surface area contributed by atoms with E-state index in [4.69, 9.17) is 4.74 Å². The smallest absolute Gasteiger partial charge is 0.422 e. The summed E-state index contributed by atoms with van der Waals surface area (Å²) in [7, 11) is -3.84. The third kappa shape index (κ3) is 7.62. The van der Waals surface area contributed by atoms with Crippen LogP contribution in [0, 0.1) is 0 Å². The Kier molecular flexibility index (Phi) is 7.72. The molecule has 0 aliphatic heterocycles. The molecule has 0 heterocycles. The number of nitrogens with one attached hydrogen (secondary N) is 2. The number of carbonyl (C=O) groups excluding carboxylic acids is 1. The van der Waals surface area contributed by atoms with Crippen LogP contribution in [0.5, 0.6) is 5.75 Å². The van der Waals surface area contributed by atoms with Gasteiger partial charge in [0.15, 0.2) is 6.61 Å². The fraction of sp³-hybridized carbons (Fsp3) is 0.174. The lowest BCUT2D eigenvalue weighted by Crippen LogP contribution is -2.25. The lowest BCUT2D eigenvalue weighted by Gasteiger charge is -2.11. The van der Waals surface area contributed by atoms with Crippen LogP contribution in [-0.4, -0.2) is 27.1 Å². The van der Waals surface area contributed by atoms with E-state index in [0.717, 1.165) is 5.56 Å². The molecule has 0 radical (unpaired) electrons. The van der Waals surface area contributed by atoms with E-state index < -0.39 is 28.7 Å². The number of hydrogen-bond acceptors (Lipinski definition) is 4. The summed E-state index contributed by atoms with van der Waals surface area (Å²) in [4.78, 5) is 12.5. The molecule has 0 fully saturated rings. The lowest BCUT2D eigenvalue weighted by atomic mass is 10.2. The van der Waals surface area contributed by atoms with Crippen molar-refractivity contribution < 1.29 is 31.1 Å². The van der Waals surface area contributed by atoms with Crippen LogP contribution in [0.25, 0.3) is 0 Å². The van der Waals surface area contributed by atoms with Crippen molar-refractivity contribution in [2.24, 2.45) is 0 Å². The number of rotatable bonds is 9. The van der Waals surface area contributed by atoms with Crippen LogP contribution >= 0.6 is 0 Å². The van der Waals surface area contributed by atoms with Gasteiger partial charge in [-0.15, -0.1) is 0 Å². The topological polar surface area (TPSA) is 84.5 Å². The Bertz CT molecular complexity index is 1200. The van der Waals surface area contributed by atoms with Crippen molar-refractivity contribution >= 4 is 15.9 Å². The number of hydrogen-bond donors (Lipinski definition) is 2. The molecule has 0 aliphatic carbocycles. The zero-order valence-electron chi connectivity index (χ0n) is 17.3. The fourth-order valence-corrected chi connectivity index (χ4v) is 3.92. The summed E-state index contributed by atoms with van der Waals surface area (Å²) in [6, 6.07) is 20.5. The van der Waals surface area contributed by atoms with E-state index in [2.05, 4.69) is 10.0 Å². The molecular weight excluding hydrogens is 457 g/mol. The van der Waals surface area contributed by atoms with Gasteiger partial charge in [0.2, 0.25) is 10.0 Å². The average Bonchev–Trinajstić information content (AvgIpc) is 2.80. The third-order valence-electron chi connectivity index (χ3n) is 4.47. The average molecular weight is 478 g/mol. The van der Waals surface area contributed by atoms with Gasteiger partial charge in [-0.3, -0.25) is 4.79 Å². The van der Waals surface area contributed by atoms with Crippen LogP contribution in [0.15, 0.2) is 83.8 Å². The molecule has 0 atom stereocenters. The van der Waals surface area contributed by atoms with Crippen LogP contribution in [-0.2, 0) is 23.1 Å². The predicted octanol–water partition coefficient (Wildman–Crippen LogP) is 4.04. The Hall–Kier alpha value is -3.37. The van der Waals surface area contributed by atoms with E-state index in [1.54, 1.807) is 30.3 Å². The zero-order valence-corrected chi connectivity index (χ0v) is 18.1. The van der Waals surface area contributed by atoms with E-state index >= 15 is 0 Å². The first-order valence-electron chi connectivity index (χ1n) is 9.83. The molecule has 0 aliphatic rings. The van der Waals surface area contributed by atoms with Crippen molar-refractivity contribution in [2.75, 3.05) is 6.61 Å². The second-order valence-electron chi connectivity index (χ2n) is 7.07. The van der Waals surface area contributed by atoms with Crippen molar-refractivity contribution in [3.8, 4) is 5.75 Å². The van der Waals surface area contributed by atoms with Gasteiger partial charge in [-0.25, -0.2) is 13.1 Å². The third-order valence-corrected chi connectivity index (χ3v) is 5.87. The van der Waals surface area contributed by atoms with Gasteiger partial charge in [-0.2, -0.15) is 13.2 Å². The Morgan fingerprint density at radius 3 is 2.27 bits per heavy atom. The van der Waals surface area contributed by atoms with E-state index in [-0.39, 0.29) is 29.3 Å². The number of benzene rings is 3. The fourth-order valence-electron chi connectivity index (χ4n) is 2.86. The minimum atomic E-state index is -4.45. The molecule has 174 valence electrons. The van der Waals surface area contributed by atoms with Gasteiger partial charge in [0.05, 0.1) is 4.90 Å². The van der Waals surface area contributed by atoms with Gasteiger partial charge in [0.1, 0.15) is 5.75 Å². The van der Waals surface area contributed by atoms with Gasteiger partial charge >= 0.3 is 6.18 Å². The maximum Gasteiger partial charge on any atom is 0.422 e. The van der Waals surface area contributed by atoms with Gasteiger partial charge < -0.3 is 10.1 Å². The molecule has 0 bridgehead atoms. The van der Waals surface area contributed by atoms with E-state index in [0.29, 0.717) is 5.56 Å². The van der Waals surface area contributed by atoms with Crippen LogP contribution in [0.3, 0.4) is 0 Å². The molecule has 0 saturated heterocycles. The summed E-state index contributed by atoms with van der Waals surface area (Å²) in [5.74, 6) is -0.506. The highest BCUT2D eigenvalue weighted by atomic mass is 32.2. The van der Waals surface area contributed by atoms with Crippen molar-refractivity contribution in [3.63, 3.8) is 0 Å². The Labute approximate surface area is 189 Å². The van der Waals surface area contributed by atoms with E-state index in [1.165, 1.54) is 42.5 Å². The minimum absolute atomic E-state index is 0.0191. The molecule has 0 aromatic heterocycles. The van der Waals surface area contributed by atoms with Crippen LogP contribution in [0.1, 0.15) is 21.5 Å². The Morgan fingerprint density at radius 2 is 1.55 bits per heavy atom. The minimum Gasteiger partial charge on any atom is -0.484 e. The van der Waals surface area contributed by atoms with Gasteiger partial charge in [-0.1, -0.05) is 48.5 Å². The van der Waals surface area contributed by atoms with Crippen molar-refractivity contribution in [1.29, 1.82) is 0 Å². The molecule has 6 nitrogen and oxygen atoms in total. The van der Waals surface area contributed by atoms with Crippen LogP contribution in [0.4, 0.5) is 13.2 Å². The number of amides is 1. The molecule has 1 amide bonds. The maximum absolute atomic E-state index is 12.6. The Morgan fingerprint density at radius 1 is 0.848 bits per heavy atom. The second-order valence-corrected chi connectivity index (χ2v) is 8.84. The molecule has 3 aromatic carbocycles. The van der Waals surface area contributed by atoms with Gasteiger partial charge in [0, 0.05) is 18.7 Å². The molecule has 0 saturated carbocycles.